The molecule has 0 saturated carbocycles. The summed E-state index contributed by atoms with van der Waals surface area (Å²) in [5.74, 6) is 0.811. The van der Waals surface area contributed by atoms with Crippen molar-refractivity contribution in [2.24, 2.45) is 4.99 Å². The van der Waals surface area contributed by atoms with E-state index in [0.717, 1.165) is 37.6 Å². The Balaban J connectivity index is 1.70. The van der Waals surface area contributed by atoms with Crippen LogP contribution in [0.2, 0.25) is 0 Å². The molecule has 3 rings (SSSR count). The number of piperazine rings is 1. The van der Waals surface area contributed by atoms with Crippen molar-refractivity contribution in [3.63, 3.8) is 0 Å². The maximum absolute atomic E-state index is 12.9. The monoisotopic (exact) mass is 397 g/mol. The molecule has 1 N–H and O–H groups in total. The fourth-order valence-electron chi connectivity index (χ4n) is 4.09. The molecule has 2 saturated heterocycles. The minimum atomic E-state index is -4.33. The van der Waals surface area contributed by atoms with E-state index in [4.69, 9.17) is 0 Å². The average Bonchev–Trinajstić information content (AvgIpc) is 2.70. The maximum Gasteiger partial charge on any atom is 0.416 e. The molecule has 2 aliphatic rings. The Morgan fingerprint density at radius 2 is 1.93 bits per heavy atom. The second-order valence-corrected chi connectivity index (χ2v) is 7.45. The van der Waals surface area contributed by atoms with Crippen molar-refractivity contribution in [1.82, 2.24) is 15.2 Å². The van der Waals surface area contributed by atoms with Gasteiger partial charge in [0.2, 0.25) is 0 Å². The summed E-state index contributed by atoms with van der Waals surface area (Å²) in [5, 5.41) is 1.81. The van der Waals surface area contributed by atoms with E-state index in [2.05, 4.69) is 20.2 Å². The fraction of sp³-hybridized carbons (Fsp3) is 0.650. The molecule has 0 bridgehead atoms. The second-order valence-electron chi connectivity index (χ2n) is 7.45. The summed E-state index contributed by atoms with van der Waals surface area (Å²) in [4.78, 5) is 9.45. The average molecular weight is 397 g/mol. The number of halogens is 3. The number of alkyl halides is 3. The van der Waals surface area contributed by atoms with E-state index >= 15 is 0 Å². The molecule has 1 atom stereocenters. The molecule has 1 aromatic rings. The fourth-order valence-corrected chi connectivity index (χ4v) is 4.09. The minimum Gasteiger partial charge on any atom is -0.298 e. The number of nitrogens with one attached hydrogen (secondary N) is 1. The molecule has 0 aliphatic carbocycles. The third-order valence-corrected chi connectivity index (χ3v) is 5.57. The number of nitrogens with zero attached hydrogens (tertiary/aromatic N) is 4. The van der Waals surface area contributed by atoms with Gasteiger partial charge in [-0.05, 0) is 43.7 Å². The molecule has 0 aromatic heterocycles. The van der Waals surface area contributed by atoms with Gasteiger partial charge in [0, 0.05) is 39.3 Å². The van der Waals surface area contributed by atoms with Crippen LogP contribution in [0.15, 0.2) is 29.3 Å². The first-order valence-electron chi connectivity index (χ1n) is 10.1. The smallest absolute Gasteiger partial charge is 0.298 e. The molecule has 2 fully saturated rings. The summed E-state index contributed by atoms with van der Waals surface area (Å²) in [7, 11) is 1.74. The lowest BCUT2D eigenvalue weighted by Crippen LogP contribution is -2.57. The molecule has 0 amide bonds. The van der Waals surface area contributed by atoms with Gasteiger partial charge < -0.3 is 0 Å². The highest BCUT2D eigenvalue weighted by Gasteiger charge is 2.31. The largest absolute Gasteiger partial charge is 0.416 e. The lowest BCUT2D eigenvalue weighted by molar-refractivity contribution is -0.137. The molecule has 5 nitrogen and oxygen atoms in total. The summed E-state index contributed by atoms with van der Waals surface area (Å²) in [5.41, 5.74) is 3.25. The molecule has 0 radical (unpaired) electrons. The van der Waals surface area contributed by atoms with Crippen molar-refractivity contribution >= 4 is 11.5 Å². The van der Waals surface area contributed by atoms with Gasteiger partial charge in [0.05, 0.1) is 17.8 Å². The minimum absolute atomic E-state index is 0.610. The van der Waals surface area contributed by atoms with E-state index < -0.39 is 11.7 Å². The van der Waals surface area contributed by atoms with E-state index in [9.17, 15) is 13.2 Å². The first-order chi connectivity index (χ1) is 13.4. The summed E-state index contributed by atoms with van der Waals surface area (Å²) < 4.78 is 38.6. The van der Waals surface area contributed by atoms with Crippen LogP contribution in [-0.4, -0.2) is 68.0 Å². The molecular weight excluding hydrogens is 367 g/mol. The lowest BCUT2D eigenvalue weighted by Gasteiger charge is -2.44. The van der Waals surface area contributed by atoms with Crippen molar-refractivity contribution in [3.8, 4) is 0 Å². The molecule has 2 aliphatic heterocycles. The molecule has 8 heteroatoms. The number of piperidine rings is 1. The van der Waals surface area contributed by atoms with Gasteiger partial charge in [-0.1, -0.05) is 13.3 Å². The van der Waals surface area contributed by atoms with Crippen LogP contribution in [-0.2, 0) is 6.18 Å². The summed E-state index contributed by atoms with van der Waals surface area (Å²) in [6.07, 6.45) is -0.507. The molecule has 0 spiro atoms. The number of anilines is 1. The van der Waals surface area contributed by atoms with Gasteiger partial charge in [-0.2, -0.15) is 13.2 Å². The van der Waals surface area contributed by atoms with E-state index in [1.54, 1.807) is 7.05 Å². The van der Waals surface area contributed by atoms with Crippen molar-refractivity contribution in [2.75, 3.05) is 51.3 Å². The molecule has 1 aromatic carbocycles. The highest BCUT2D eigenvalue weighted by Crippen LogP contribution is 2.30. The van der Waals surface area contributed by atoms with Gasteiger partial charge >= 0.3 is 6.18 Å². The zero-order valence-corrected chi connectivity index (χ0v) is 16.7. The van der Waals surface area contributed by atoms with Gasteiger partial charge in [0.15, 0.2) is 0 Å². The lowest BCUT2D eigenvalue weighted by atomic mass is 9.99. The van der Waals surface area contributed by atoms with Crippen LogP contribution >= 0.6 is 0 Å². The quantitative estimate of drug-likeness (QED) is 0.470. The molecule has 156 valence electrons. The van der Waals surface area contributed by atoms with Crippen molar-refractivity contribution in [1.29, 1.82) is 0 Å². The number of hydrogen-bond acceptors (Lipinski definition) is 4. The Bertz CT molecular complexity index is 659. The summed E-state index contributed by atoms with van der Waals surface area (Å²) in [6.45, 7) is 7.57. The van der Waals surface area contributed by atoms with E-state index in [0.29, 0.717) is 24.8 Å². The van der Waals surface area contributed by atoms with Crippen LogP contribution in [0.25, 0.3) is 0 Å². The third kappa shape index (κ3) is 5.04. The molecule has 28 heavy (non-hydrogen) atoms. The zero-order valence-electron chi connectivity index (χ0n) is 16.7. The summed E-state index contributed by atoms with van der Waals surface area (Å²) in [6, 6.07) is 5.84. The molecule has 1 unspecified atom stereocenters. The van der Waals surface area contributed by atoms with Crippen molar-refractivity contribution < 1.29 is 13.2 Å². The van der Waals surface area contributed by atoms with Crippen LogP contribution in [0.4, 0.5) is 18.9 Å². The van der Waals surface area contributed by atoms with Crippen LogP contribution < -0.4 is 10.4 Å². The highest BCUT2D eigenvalue weighted by atomic mass is 19.4. The Morgan fingerprint density at radius 3 is 2.57 bits per heavy atom. The van der Waals surface area contributed by atoms with Crippen LogP contribution in [0.3, 0.4) is 0 Å². The van der Waals surface area contributed by atoms with E-state index in [1.807, 2.05) is 11.9 Å². The van der Waals surface area contributed by atoms with Crippen LogP contribution in [0.1, 0.15) is 31.7 Å². The molecular formula is C20H30F3N5. The van der Waals surface area contributed by atoms with E-state index in [1.165, 1.54) is 37.9 Å². The number of benzene rings is 1. The van der Waals surface area contributed by atoms with Gasteiger partial charge in [-0.25, -0.2) is 5.43 Å². The van der Waals surface area contributed by atoms with Crippen LogP contribution in [0.5, 0.6) is 0 Å². The maximum atomic E-state index is 12.9. The number of hydrogen-bond donors (Lipinski definition) is 1. The third-order valence-electron chi connectivity index (χ3n) is 5.57. The van der Waals surface area contributed by atoms with Gasteiger partial charge in [0.1, 0.15) is 5.84 Å². The van der Waals surface area contributed by atoms with E-state index in [-0.39, 0.29) is 0 Å². The number of hydrazine groups is 1. The first kappa shape index (κ1) is 21.1. The SMILES string of the molecule is CCNN(C(CN1CCN2CCCCC2C1)=NC)c1ccc(C(F)(F)F)cc1. The molecule has 2 heterocycles. The Kier molecular flexibility index (Phi) is 6.95. The highest BCUT2D eigenvalue weighted by molar-refractivity contribution is 5.98. The zero-order chi connectivity index (χ0) is 20.1. The number of rotatable bonds is 5. The van der Waals surface area contributed by atoms with Crippen molar-refractivity contribution in [3.05, 3.63) is 29.8 Å². The van der Waals surface area contributed by atoms with Crippen molar-refractivity contribution in [2.45, 2.75) is 38.4 Å². The second kappa shape index (κ2) is 9.24. The Labute approximate surface area is 165 Å². The van der Waals surface area contributed by atoms with Gasteiger partial charge in [-0.3, -0.25) is 19.8 Å². The van der Waals surface area contributed by atoms with Gasteiger partial charge in [0.25, 0.3) is 0 Å². The predicted octanol–water partition coefficient (Wildman–Crippen LogP) is 3.23. The number of fused-ring (bicyclic) bond motifs is 1. The van der Waals surface area contributed by atoms with Gasteiger partial charge in [-0.15, -0.1) is 0 Å². The normalized spacial score (nSPS) is 22.2. The topological polar surface area (TPSA) is 34.1 Å². The predicted molar refractivity (Wildman–Crippen MR) is 107 cm³/mol. The number of aliphatic imine (C=N–C) groups is 1. The summed E-state index contributed by atoms with van der Waals surface area (Å²) >= 11 is 0. The van der Waals surface area contributed by atoms with Crippen LogP contribution in [0, 0.1) is 0 Å². The number of amidine groups is 1. The Hall–Kier alpha value is -1.64. The first-order valence-corrected chi connectivity index (χ1v) is 10.1. The standard InChI is InChI=1S/C20H30F3N5/c1-3-25-28(17-9-7-16(8-10-17)20(21,22)23)19(24-2)15-26-12-13-27-11-5-4-6-18(27)14-26/h7-10,18,25H,3-6,11-15H2,1-2H3. The Morgan fingerprint density at radius 1 is 1.18 bits per heavy atom.